The highest BCUT2D eigenvalue weighted by molar-refractivity contribution is 9.10. The second-order valence-corrected chi connectivity index (χ2v) is 6.15. The molecule has 0 atom stereocenters. The number of halogens is 2. The fraction of sp³-hybridized carbons (Fsp3) is 0.533. The Hall–Kier alpha value is -0.980. The molecule has 4 nitrogen and oxygen atoms in total. The van der Waals surface area contributed by atoms with E-state index in [4.69, 9.17) is 0 Å². The standard InChI is InChI=1S/C15H21BrFN3O/c1-19-8-10-20(11-9-19)7-3-6-18-15(21)12-4-2-5-13(17)14(12)16/h2,4-5H,3,6-11H2,1H3,(H,18,21). The van der Waals surface area contributed by atoms with Crippen LogP contribution in [-0.2, 0) is 0 Å². The minimum absolute atomic E-state index is 0.224. The summed E-state index contributed by atoms with van der Waals surface area (Å²) in [5.74, 6) is -0.653. The van der Waals surface area contributed by atoms with Gasteiger partial charge < -0.3 is 15.1 Å². The van der Waals surface area contributed by atoms with E-state index in [1.165, 1.54) is 6.07 Å². The number of carbonyl (C=O) groups excluding carboxylic acids is 1. The molecule has 0 aliphatic carbocycles. The summed E-state index contributed by atoms with van der Waals surface area (Å²) in [6.45, 7) is 5.96. The molecule has 21 heavy (non-hydrogen) atoms. The molecular formula is C15H21BrFN3O. The van der Waals surface area contributed by atoms with Crippen LogP contribution in [-0.4, -0.2) is 62.0 Å². The molecule has 1 saturated heterocycles. The maximum atomic E-state index is 13.4. The first-order valence-corrected chi connectivity index (χ1v) is 8.00. The van der Waals surface area contributed by atoms with Gasteiger partial charge in [0.2, 0.25) is 0 Å². The van der Waals surface area contributed by atoms with Gasteiger partial charge in [-0.25, -0.2) is 4.39 Å². The predicted octanol–water partition coefficient (Wildman–Crippen LogP) is 1.96. The number of hydrogen-bond acceptors (Lipinski definition) is 3. The fourth-order valence-corrected chi connectivity index (χ4v) is 2.79. The second-order valence-electron chi connectivity index (χ2n) is 5.36. The van der Waals surface area contributed by atoms with Gasteiger partial charge in [-0.2, -0.15) is 0 Å². The summed E-state index contributed by atoms with van der Waals surface area (Å²) in [6.07, 6.45) is 0.905. The summed E-state index contributed by atoms with van der Waals surface area (Å²) in [5, 5.41) is 2.84. The number of hydrogen-bond donors (Lipinski definition) is 1. The minimum atomic E-state index is -0.417. The molecule has 1 amide bonds. The molecule has 0 radical (unpaired) electrons. The van der Waals surface area contributed by atoms with Gasteiger partial charge >= 0.3 is 0 Å². The molecule has 1 fully saturated rings. The Bertz CT molecular complexity index is 490. The highest BCUT2D eigenvalue weighted by Gasteiger charge is 2.14. The SMILES string of the molecule is CN1CCN(CCCNC(=O)c2cccc(F)c2Br)CC1. The van der Waals surface area contributed by atoms with E-state index >= 15 is 0 Å². The summed E-state index contributed by atoms with van der Waals surface area (Å²) < 4.78 is 13.6. The normalized spacial score (nSPS) is 16.9. The van der Waals surface area contributed by atoms with Crippen molar-refractivity contribution < 1.29 is 9.18 Å². The Balaban J connectivity index is 1.71. The smallest absolute Gasteiger partial charge is 0.252 e. The fourth-order valence-electron chi connectivity index (χ4n) is 2.35. The lowest BCUT2D eigenvalue weighted by Crippen LogP contribution is -2.45. The topological polar surface area (TPSA) is 35.6 Å². The van der Waals surface area contributed by atoms with Crippen LogP contribution < -0.4 is 5.32 Å². The van der Waals surface area contributed by atoms with E-state index in [1.807, 2.05) is 0 Å². The molecule has 0 saturated carbocycles. The number of likely N-dealkylation sites (N-methyl/N-ethyl adjacent to an activating group) is 1. The van der Waals surface area contributed by atoms with Crippen LogP contribution in [0.5, 0.6) is 0 Å². The van der Waals surface area contributed by atoms with Gasteiger partial charge in [0.15, 0.2) is 0 Å². The number of piperazine rings is 1. The van der Waals surface area contributed by atoms with Crippen LogP contribution in [0.3, 0.4) is 0 Å². The van der Waals surface area contributed by atoms with Gasteiger partial charge in [0.25, 0.3) is 5.91 Å². The Morgan fingerprint density at radius 3 is 2.76 bits per heavy atom. The molecule has 0 spiro atoms. The molecule has 1 aliphatic heterocycles. The number of carbonyl (C=O) groups is 1. The number of benzene rings is 1. The Morgan fingerprint density at radius 2 is 2.05 bits per heavy atom. The zero-order valence-corrected chi connectivity index (χ0v) is 13.8. The lowest BCUT2D eigenvalue weighted by molar-refractivity contribution is 0.0948. The molecule has 0 bridgehead atoms. The molecule has 0 unspecified atom stereocenters. The van der Waals surface area contributed by atoms with Crippen molar-refractivity contribution in [2.75, 3.05) is 46.3 Å². The molecule has 1 N–H and O–H groups in total. The molecular weight excluding hydrogens is 337 g/mol. The van der Waals surface area contributed by atoms with Crippen LogP contribution in [0, 0.1) is 5.82 Å². The molecule has 1 aromatic carbocycles. The van der Waals surface area contributed by atoms with Crippen LogP contribution >= 0.6 is 15.9 Å². The third kappa shape index (κ3) is 4.76. The first kappa shape index (κ1) is 16.4. The quantitative estimate of drug-likeness (QED) is 0.818. The largest absolute Gasteiger partial charge is 0.352 e. The molecule has 1 heterocycles. The van der Waals surface area contributed by atoms with Crippen LogP contribution in [0.25, 0.3) is 0 Å². The maximum Gasteiger partial charge on any atom is 0.252 e. The lowest BCUT2D eigenvalue weighted by Gasteiger charge is -2.32. The molecule has 116 valence electrons. The van der Waals surface area contributed by atoms with Crippen LogP contribution in [0.4, 0.5) is 4.39 Å². The van der Waals surface area contributed by atoms with Crippen molar-refractivity contribution in [3.8, 4) is 0 Å². The zero-order chi connectivity index (χ0) is 15.2. The van der Waals surface area contributed by atoms with Gasteiger partial charge in [-0.1, -0.05) is 6.07 Å². The number of nitrogens with zero attached hydrogens (tertiary/aromatic N) is 2. The van der Waals surface area contributed by atoms with Crippen molar-refractivity contribution in [3.05, 3.63) is 34.1 Å². The van der Waals surface area contributed by atoms with Crippen molar-refractivity contribution in [2.45, 2.75) is 6.42 Å². The van der Waals surface area contributed by atoms with E-state index in [2.05, 4.69) is 38.1 Å². The van der Waals surface area contributed by atoms with Crippen LogP contribution in [0.15, 0.2) is 22.7 Å². The van der Waals surface area contributed by atoms with Crippen molar-refractivity contribution in [2.24, 2.45) is 0 Å². The summed E-state index contributed by atoms with van der Waals surface area (Å²) in [6, 6.07) is 4.48. The lowest BCUT2D eigenvalue weighted by atomic mass is 10.2. The molecule has 6 heteroatoms. The van der Waals surface area contributed by atoms with Gasteiger partial charge in [0.05, 0.1) is 10.0 Å². The Labute approximate surface area is 133 Å². The summed E-state index contributed by atoms with van der Waals surface area (Å²) >= 11 is 3.11. The Morgan fingerprint density at radius 1 is 1.33 bits per heavy atom. The van der Waals surface area contributed by atoms with Gasteiger partial charge in [-0.3, -0.25) is 4.79 Å². The van der Waals surface area contributed by atoms with Crippen LogP contribution in [0.1, 0.15) is 16.8 Å². The van der Waals surface area contributed by atoms with E-state index in [0.717, 1.165) is 39.1 Å². The van der Waals surface area contributed by atoms with Crippen molar-refractivity contribution in [1.82, 2.24) is 15.1 Å². The molecule has 1 aromatic rings. The summed E-state index contributed by atoms with van der Waals surface area (Å²) in [7, 11) is 2.13. The molecule has 1 aliphatic rings. The average molecular weight is 358 g/mol. The van der Waals surface area contributed by atoms with Crippen molar-refractivity contribution in [1.29, 1.82) is 0 Å². The average Bonchev–Trinajstić information content (AvgIpc) is 2.48. The first-order valence-electron chi connectivity index (χ1n) is 7.21. The van der Waals surface area contributed by atoms with Crippen LogP contribution in [0.2, 0.25) is 0 Å². The second kappa shape index (κ2) is 7.87. The first-order chi connectivity index (χ1) is 10.1. The highest BCUT2D eigenvalue weighted by Crippen LogP contribution is 2.20. The minimum Gasteiger partial charge on any atom is -0.352 e. The van der Waals surface area contributed by atoms with E-state index < -0.39 is 5.82 Å². The van der Waals surface area contributed by atoms with E-state index in [-0.39, 0.29) is 10.4 Å². The van der Waals surface area contributed by atoms with Gasteiger partial charge in [-0.05, 0) is 48.1 Å². The van der Waals surface area contributed by atoms with Crippen molar-refractivity contribution >= 4 is 21.8 Å². The van der Waals surface area contributed by atoms with E-state index in [0.29, 0.717) is 12.1 Å². The van der Waals surface area contributed by atoms with Gasteiger partial charge in [-0.15, -0.1) is 0 Å². The number of rotatable bonds is 5. The third-order valence-electron chi connectivity index (χ3n) is 3.73. The maximum absolute atomic E-state index is 13.4. The van der Waals surface area contributed by atoms with Gasteiger partial charge in [0, 0.05) is 32.7 Å². The van der Waals surface area contributed by atoms with Crippen molar-refractivity contribution in [3.63, 3.8) is 0 Å². The highest BCUT2D eigenvalue weighted by atomic mass is 79.9. The zero-order valence-electron chi connectivity index (χ0n) is 12.2. The third-order valence-corrected chi connectivity index (χ3v) is 4.53. The van der Waals surface area contributed by atoms with E-state index in [1.54, 1.807) is 12.1 Å². The Kier molecular flexibility index (Phi) is 6.14. The molecule has 0 aromatic heterocycles. The summed E-state index contributed by atoms with van der Waals surface area (Å²) in [5.41, 5.74) is 0.342. The van der Waals surface area contributed by atoms with E-state index in [9.17, 15) is 9.18 Å². The van der Waals surface area contributed by atoms with Gasteiger partial charge in [0.1, 0.15) is 5.82 Å². The molecule has 2 rings (SSSR count). The predicted molar refractivity (Wildman–Crippen MR) is 85.0 cm³/mol. The number of nitrogens with one attached hydrogen (secondary N) is 1. The summed E-state index contributed by atoms with van der Waals surface area (Å²) in [4.78, 5) is 16.7. The number of amides is 1. The monoisotopic (exact) mass is 357 g/mol.